The lowest BCUT2D eigenvalue weighted by molar-refractivity contribution is 0.561. The van der Waals surface area contributed by atoms with E-state index in [-0.39, 0.29) is 0 Å². The van der Waals surface area contributed by atoms with Gasteiger partial charge in [-0.25, -0.2) is 0 Å². The van der Waals surface area contributed by atoms with Crippen LogP contribution in [0.3, 0.4) is 0 Å². The van der Waals surface area contributed by atoms with Gasteiger partial charge in [0.2, 0.25) is 0 Å². The lowest BCUT2D eigenvalue weighted by Crippen LogP contribution is -1.81. The van der Waals surface area contributed by atoms with Gasteiger partial charge in [0, 0.05) is 0 Å². The number of allylic oxidation sites excluding steroid dienone is 2. The van der Waals surface area contributed by atoms with Crippen molar-refractivity contribution in [3.63, 3.8) is 0 Å². The lowest BCUT2D eigenvalue weighted by Gasteiger charge is -2.01. The molecule has 0 rings (SSSR count). The molecule has 0 aliphatic rings. The molecule has 0 aromatic carbocycles. The van der Waals surface area contributed by atoms with Gasteiger partial charge in [-0.3, -0.25) is 0 Å². The van der Waals surface area contributed by atoms with Crippen LogP contribution in [0.4, 0.5) is 0 Å². The fourth-order valence-electron chi connectivity index (χ4n) is 2.53. The third kappa shape index (κ3) is 17.7. The largest absolute Gasteiger partial charge is 0.0885 e. The first-order chi connectivity index (χ1) is 9.91. The smallest absolute Gasteiger partial charge is 0.0351 e. The van der Waals surface area contributed by atoms with Gasteiger partial charge in [0.1, 0.15) is 0 Å². The minimum atomic E-state index is 1.10. The molecule has 0 aliphatic heterocycles. The van der Waals surface area contributed by atoms with Crippen molar-refractivity contribution in [1.82, 2.24) is 0 Å². The first kappa shape index (κ1) is 19.7. The van der Waals surface area contributed by atoms with Gasteiger partial charge in [-0.15, -0.1) is 0 Å². The fraction of sp³-hybridized carbons (Fsp3) is 0.800. The minimum Gasteiger partial charge on any atom is -0.0885 e. The van der Waals surface area contributed by atoms with Crippen LogP contribution in [-0.4, -0.2) is 0 Å². The Morgan fingerprint density at radius 1 is 0.400 bits per heavy atom. The Kier molecular flexibility index (Phi) is 18.5. The molecule has 0 atom stereocenters. The van der Waals surface area contributed by atoms with Crippen LogP contribution < -0.4 is 0 Å². The molecule has 0 N–H and O–H groups in total. The van der Waals surface area contributed by atoms with Gasteiger partial charge in [0.15, 0.2) is 0 Å². The van der Waals surface area contributed by atoms with Crippen molar-refractivity contribution in [3.8, 4) is 0 Å². The standard InChI is InChI=1S/C20H38/c1-3-5-7-9-11-13-15-17-19-20-18-16-14-12-10-8-6-4-2/h13,15H,1-12,14,16-20H2/b15-13+. The molecule has 20 heavy (non-hydrogen) atoms. The van der Waals surface area contributed by atoms with E-state index in [9.17, 15) is 0 Å². The van der Waals surface area contributed by atoms with Gasteiger partial charge in [0.25, 0.3) is 0 Å². The molecule has 0 saturated heterocycles. The third-order valence-electron chi connectivity index (χ3n) is 3.91. The van der Waals surface area contributed by atoms with Crippen LogP contribution in [0.25, 0.3) is 0 Å². The first-order valence-corrected chi connectivity index (χ1v) is 9.15. The molecule has 118 valence electrons. The summed E-state index contributed by atoms with van der Waals surface area (Å²) in [4.78, 5) is 0. The number of unbranched alkanes of at least 4 members (excludes halogenated alkanes) is 14. The Morgan fingerprint density at radius 3 is 1.10 bits per heavy atom. The molecule has 0 heteroatoms. The van der Waals surface area contributed by atoms with Gasteiger partial charge in [-0.1, -0.05) is 103 Å². The van der Waals surface area contributed by atoms with Crippen molar-refractivity contribution in [1.29, 1.82) is 0 Å². The summed E-state index contributed by atoms with van der Waals surface area (Å²) < 4.78 is 0. The Hall–Kier alpha value is -0.260. The molecule has 0 amide bonds. The molecule has 0 saturated carbocycles. The Morgan fingerprint density at radius 2 is 0.700 bits per heavy atom. The van der Waals surface area contributed by atoms with Gasteiger partial charge < -0.3 is 0 Å². The SMILES string of the molecule is [CH2]CCCCC/C=C/CCCCCCCCCCC[CH2]. The molecule has 0 bridgehead atoms. The molecule has 0 spiro atoms. The van der Waals surface area contributed by atoms with Crippen molar-refractivity contribution >= 4 is 0 Å². The van der Waals surface area contributed by atoms with E-state index in [1.54, 1.807) is 0 Å². The normalized spacial score (nSPS) is 11.5. The van der Waals surface area contributed by atoms with Crippen LogP contribution in [0.5, 0.6) is 0 Å². The van der Waals surface area contributed by atoms with E-state index in [0.29, 0.717) is 0 Å². The van der Waals surface area contributed by atoms with E-state index >= 15 is 0 Å². The molecule has 0 aliphatic carbocycles. The lowest BCUT2D eigenvalue weighted by atomic mass is 10.1. The van der Waals surface area contributed by atoms with E-state index in [4.69, 9.17) is 0 Å². The summed E-state index contributed by atoms with van der Waals surface area (Å²) in [6.45, 7) is 7.76. The highest BCUT2D eigenvalue weighted by molar-refractivity contribution is 4.81. The summed E-state index contributed by atoms with van der Waals surface area (Å²) in [5.41, 5.74) is 0. The summed E-state index contributed by atoms with van der Waals surface area (Å²) in [5, 5.41) is 0. The molecule has 0 aromatic rings. The molecule has 0 fully saturated rings. The zero-order chi connectivity index (χ0) is 14.7. The maximum absolute atomic E-state index is 3.88. The third-order valence-corrected chi connectivity index (χ3v) is 3.91. The predicted octanol–water partition coefficient (Wildman–Crippen LogP) is 7.45. The molecule has 0 heterocycles. The predicted molar refractivity (Wildman–Crippen MR) is 93.7 cm³/mol. The summed E-state index contributed by atoms with van der Waals surface area (Å²) in [6.07, 6.45) is 26.2. The monoisotopic (exact) mass is 278 g/mol. The van der Waals surface area contributed by atoms with Crippen LogP contribution in [0.15, 0.2) is 12.2 Å². The van der Waals surface area contributed by atoms with Crippen molar-refractivity contribution < 1.29 is 0 Å². The molecular formula is C20H38. The molecule has 0 nitrogen and oxygen atoms in total. The summed E-state index contributed by atoms with van der Waals surface area (Å²) >= 11 is 0. The van der Waals surface area contributed by atoms with Crippen LogP contribution in [0, 0.1) is 13.8 Å². The molecule has 0 unspecified atom stereocenters. The van der Waals surface area contributed by atoms with Crippen LogP contribution >= 0.6 is 0 Å². The minimum absolute atomic E-state index is 1.10. The van der Waals surface area contributed by atoms with E-state index in [0.717, 1.165) is 12.8 Å². The van der Waals surface area contributed by atoms with Crippen molar-refractivity contribution in [2.24, 2.45) is 0 Å². The summed E-state index contributed by atoms with van der Waals surface area (Å²) in [7, 11) is 0. The number of hydrogen-bond acceptors (Lipinski definition) is 0. The topological polar surface area (TPSA) is 0 Å². The average Bonchev–Trinajstić information content (AvgIpc) is 2.47. The quantitative estimate of drug-likeness (QED) is 0.203. The zero-order valence-electron chi connectivity index (χ0n) is 13.9. The number of rotatable bonds is 16. The highest BCUT2D eigenvalue weighted by Crippen LogP contribution is 2.11. The second-order valence-electron chi connectivity index (χ2n) is 6.00. The second kappa shape index (κ2) is 18.7. The van der Waals surface area contributed by atoms with E-state index in [1.165, 1.54) is 89.9 Å². The van der Waals surface area contributed by atoms with E-state index in [2.05, 4.69) is 26.0 Å². The van der Waals surface area contributed by atoms with Crippen LogP contribution in [0.1, 0.15) is 103 Å². The zero-order valence-corrected chi connectivity index (χ0v) is 13.9. The van der Waals surface area contributed by atoms with Gasteiger partial charge in [-0.2, -0.15) is 0 Å². The van der Waals surface area contributed by atoms with E-state index < -0.39 is 0 Å². The van der Waals surface area contributed by atoms with Crippen LogP contribution in [0.2, 0.25) is 0 Å². The van der Waals surface area contributed by atoms with Crippen molar-refractivity contribution in [2.45, 2.75) is 103 Å². The Balaban J connectivity index is 3.00. The van der Waals surface area contributed by atoms with Gasteiger partial charge in [0.05, 0.1) is 0 Å². The Labute approximate surface area is 129 Å². The average molecular weight is 279 g/mol. The fourth-order valence-corrected chi connectivity index (χ4v) is 2.53. The van der Waals surface area contributed by atoms with Crippen LogP contribution in [-0.2, 0) is 0 Å². The molecule has 2 radical (unpaired) electrons. The molecular weight excluding hydrogens is 240 g/mol. The molecule has 0 aromatic heterocycles. The van der Waals surface area contributed by atoms with E-state index in [1.807, 2.05) is 0 Å². The van der Waals surface area contributed by atoms with Gasteiger partial charge in [-0.05, 0) is 25.7 Å². The Bertz CT molecular complexity index is 180. The maximum Gasteiger partial charge on any atom is -0.0351 e. The summed E-state index contributed by atoms with van der Waals surface area (Å²) in [5.74, 6) is 0. The van der Waals surface area contributed by atoms with Gasteiger partial charge >= 0.3 is 0 Å². The van der Waals surface area contributed by atoms with Crippen molar-refractivity contribution in [2.75, 3.05) is 0 Å². The number of hydrogen-bond donors (Lipinski definition) is 0. The summed E-state index contributed by atoms with van der Waals surface area (Å²) in [6, 6.07) is 0. The first-order valence-electron chi connectivity index (χ1n) is 9.15. The van der Waals surface area contributed by atoms with Crippen molar-refractivity contribution in [3.05, 3.63) is 26.0 Å². The maximum atomic E-state index is 3.88. The second-order valence-corrected chi connectivity index (χ2v) is 6.00. The highest BCUT2D eigenvalue weighted by Gasteiger charge is 1.92. The highest BCUT2D eigenvalue weighted by atomic mass is 14.0.